The van der Waals surface area contributed by atoms with Crippen LogP contribution in [0.15, 0.2) is 40.9 Å². The van der Waals surface area contributed by atoms with Gasteiger partial charge in [-0.25, -0.2) is 4.79 Å². The van der Waals surface area contributed by atoms with Crippen LogP contribution in [0.2, 0.25) is 0 Å². The minimum absolute atomic E-state index is 0.0914. The van der Waals surface area contributed by atoms with Crippen LogP contribution in [0.5, 0.6) is 0 Å². The number of alkyl halides is 3. The molecular formula is C21H21F3N4O4S. The summed E-state index contributed by atoms with van der Waals surface area (Å²) in [5, 5.41) is 17.4. The number of hydrogen-bond acceptors (Lipinski definition) is 7. The topological polar surface area (TPSA) is 117 Å². The van der Waals surface area contributed by atoms with Crippen molar-refractivity contribution in [3.05, 3.63) is 69.0 Å². The van der Waals surface area contributed by atoms with Crippen molar-refractivity contribution < 1.29 is 32.4 Å². The first-order chi connectivity index (χ1) is 15.6. The second-order valence-electron chi connectivity index (χ2n) is 7.19. The lowest BCUT2D eigenvalue weighted by Gasteiger charge is -2.10. The maximum atomic E-state index is 12.5. The number of carboxylic acid groups (broad SMARTS) is 1. The molecule has 1 unspecified atom stereocenters. The van der Waals surface area contributed by atoms with Crippen molar-refractivity contribution in [2.24, 2.45) is 0 Å². The molecule has 176 valence electrons. The highest BCUT2D eigenvalue weighted by Crippen LogP contribution is 2.25. The maximum Gasteiger partial charge on any atom is 0.490 e. The number of carbonyl (C=O) groups excluding carboxylic acids is 1. The summed E-state index contributed by atoms with van der Waals surface area (Å²) in [5.41, 5.74) is 2.38. The normalized spacial score (nSPS) is 13.9. The van der Waals surface area contributed by atoms with E-state index in [0.717, 1.165) is 30.0 Å². The zero-order chi connectivity index (χ0) is 24.0. The summed E-state index contributed by atoms with van der Waals surface area (Å²) >= 11 is 1.55. The number of halogens is 3. The highest BCUT2D eigenvalue weighted by Gasteiger charge is 2.38. The van der Waals surface area contributed by atoms with Crippen LogP contribution in [0.1, 0.15) is 50.4 Å². The quantitative estimate of drug-likeness (QED) is 0.510. The molecule has 2 aromatic heterocycles. The van der Waals surface area contributed by atoms with E-state index in [1.54, 1.807) is 11.3 Å². The molecule has 0 fully saturated rings. The number of fused-ring (bicyclic) bond motifs is 1. The number of aliphatic carboxylic acids is 1. The highest BCUT2D eigenvalue weighted by atomic mass is 32.1. The molecule has 1 aliphatic rings. The van der Waals surface area contributed by atoms with Crippen molar-refractivity contribution in [3.63, 3.8) is 0 Å². The number of amides is 1. The largest absolute Gasteiger partial charge is 0.490 e. The second kappa shape index (κ2) is 10.6. The van der Waals surface area contributed by atoms with Crippen molar-refractivity contribution in [1.82, 2.24) is 20.8 Å². The minimum Gasteiger partial charge on any atom is -0.475 e. The Hall–Kier alpha value is -3.25. The molecule has 12 heteroatoms. The van der Waals surface area contributed by atoms with Crippen molar-refractivity contribution in [3.8, 4) is 0 Å². The van der Waals surface area contributed by atoms with E-state index < -0.39 is 12.1 Å². The third kappa shape index (κ3) is 6.86. The van der Waals surface area contributed by atoms with Crippen LogP contribution in [0.4, 0.5) is 13.2 Å². The van der Waals surface area contributed by atoms with Gasteiger partial charge in [0.2, 0.25) is 5.89 Å². The van der Waals surface area contributed by atoms with Crippen LogP contribution < -0.4 is 10.6 Å². The molecule has 0 saturated carbocycles. The molecule has 0 spiro atoms. The average Bonchev–Trinajstić information content (AvgIpc) is 3.41. The summed E-state index contributed by atoms with van der Waals surface area (Å²) in [6.45, 7) is 3.68. The number of rotatable bonds is 5. The Balaban J connectivity index is 0.000000383. The predicted molar refractivity (Wildman–Crippen MR) is 113 cm³/mol. The molecule has 8 nitrogen and oxygen atoms in total. The Morgan fingerprint density at radius 1 is 1.30 bits per heavy atom. The molecule has 1 atom stereocenters. The first-order valence-corrected chi connectivity index (χ1v) is 10.7. The summed E-state index contributed by atoms with van der Waals surface area (Å²) in [6.07, 6.45) is -3.53. The van der Waals surface area contributed by atoms with Gasteiger partial charge in [0.05, 0.1) is 17.3 Å². The Bertz CT molecular complexity index is 1080. The van der Waals surface area contributed by atoms with Gasteiger partial charge in [-0.05, 0) is 37.1 Å². The lowest BCUT2D eigenvalue weighted by molar-refractivity contribution is -0.192. The summed E-state index contributed by atoms with van der Waals surface area (Å²) in [6, 6.07) is 11.6. The lowest BCUT2D eigenvalue weighted by Crippen LogP contribution is -2.26. The van der Waals surface area contributed by atoms with Crippen molar-refractivity contribution in [2.75, 3.05) is 6.54 Å². The van der Waals surface area contributed by atoms with Crippen LogP contribution in [0.25, 0.3) is 0 Å². The zero-order valence-electron chi connectivity index (χ0n) is 17.5. The molecule has 33 heavy (non-hydrogen) atoms. The molecule has 0 saturated heterocycles. The Labute approximate surface area is 190 Å². The van der Waals surface area contributed by atoms with Crippen molar-refractivity contribution in [2.45, 2.75) is 38.5 Å². The number of nitrogens with zero attached hydrogens (tertiary/aromatic N) is 2. The first-order valence-electron chi connectivity index (χ1n) is 9.93. The van der Waals surface area contributed by atoms with E-state index >= 15 is 0 Å². The molecule has 1 aromatic carbocycles. The van der Waals surface area contributed by atoms with E-state index in [4.69, 9.17) is 14.4 Å². The standard InChI is InChI=1S/C19H20N4O2S.C2HF3O2/c1-12(18-22-17(25-23-18)9-13-5-3-2-4-6-13)21-19(24)15-10-14-7-8-20-11-16(14)26-15;3-2(4,5)1(6)7/h2-6,10,12,20H,7-9,11H2,1H3,(H,21,24);(H,6,7). The van der Waals surface area contributed by atoms with E-state index in [2.05, 4.69) is 20.8 Å². The summed E-state index contributed by atoms with van der Waals surface area (Å²) in [5.74, 6) is -1.81. The Morgan fingerprint density at radius 2 is 2.00 bits per heavy atom. The zero-order valence-corrected chi connectivity index (χ0v) is 18.3. The second-order valence-corrected chi connectivity index (χ2v) is 8.33. The van der Waals surface area contributed by atoms with Gasteiger partial charge in [0.1, 0.15) is 0 Å². The van der Waals surface area contributed by atoms with Gasteiger partial charge in [-0.3, -0.25) is 4.79 Å². The van der Waals surface area contributed by atoms with E-state index in [-0.39, 0.29) is 11.9 Å². The number of aromatic nitrogens is 2. The Morgan fingerprint density at radius 3 is 2.64 bits per heavy atom. The van der Waals surface area contributed by atoms with Crippen LogP contribution in [-0.4, -0.2) is 39.8 Å². The van der Waals surface area contributed by atoms with E-state index in [9.17, 15) is 18.0 Å². The van der Waals surface area contributed by atoms with E-state index in [1.165, 1.54) is 10.4 Å². The first kappa shape index (κ1) is 24.4. The number of benzene rings is 1. The molecule has 1 aliphatic heterocycles. The third-order valence-corrected chi connectivity index (χ3v) is 5.81. The van der Waals surface area contributed by atoms with Gasteiger partial charge in [-0.15, -0.1) is 11.3 Å². The number of carbonyl (C=O) groups is 2. The van der Waals surface area contributed by atoms with Crippen molar-refractivity contribution >= 4 is 23.2 Å². The van der Waals surface area contributed by atoms with Gasteiger partial charge in [0.15, 0.2) is 5.82 Å². The van der Waals surface area contributed by atoms with Crippen LogP contribution in [0.3, 0.4) is 0 Å². The van der Waals surface area contributed by atoms with Gasteiger partial charge in [-0.1, -0.05) is 35.5 Å². The van der Waals surface area contributed by atoms with Crippen LogP contribution in [0, 0.1) is 0 Å². The fourth-order valence-corrected chi connectivity index (χ4v) is 4.07. The summed E-state index contributed by atoms with van der Waals surface area (Å²) in [7, 11) is 0. The molecule has 0 aliphatic carbocycles. The molecule has 4 rings (SSSR count). The average molecular weight is 482 g/mol. The minimum atomic E-state index is -5.08. The van der Waals surface area contributed by atoms with E-state index in [1.807, 2.05) is 43.3 Å². The van der Waals surface area contributed by atoms with Gasteiger partial charge in [-0.2, -0.15) is 18.2 Å². The van der Waals surface area contributed by atoms with Gasteiger partial charge < -0.3 is 20.3 Å². The number of hydrogen-bond donors (Lipinski definition) is 3. The van der Waals surface area contributed by atoms with Crippen LogP contribution in [-0.2, 0) is 24.2 Å². The molecule has 0 radical (unpaired) electrons. The summed E-state index contributed by atoms with van der Waals surface area (Å²) in [4.78, 5) is 27.8. The summed E-state index contributed by atoms with van der Waals surface area (Å²) < 4.78 is 37.1. The molecule has 0 bridgehead atoms. The monoisotopic (exact) mass is 482 g/mol. The number of carboxylic acids is 1. The molecule has 3 N–H and O–H groups in total. The van der Waals surface area contributed by atoms with Gasteiger partial charge in [0.25, 0.3) is 5.91 Å². The van der Waals surface area contributed by atoms with Gasteiger partial charge in [0, 0.05) is 11.4 Å². The third-order valence-electron chi connectivity index (χ3n) is 4.64. The number of thiophene rings is 1. The predicted octanol–water partition coefficient (Wildman–Crippen LogP) is 3.49. The lowest BCUT2D eigenvalue weighted by atomic mass is 10.1. The van der Waals surface area contributed by atoms with Gasteiger partial charge >= 0.3 is 12.1 Å². The molecule has 3 aromatic rings. The van der Waals surface area contributed by atoms with Crippen molar-refractivity contribution in [1.29, 1.82) is 0 Å². The smallest absolute Gasteiger partial charge is 0.475 e. The fraction of sp³-hybridized carbons (Fsp3) is 0.333. The molecule has 3 heterocycles. The molecular weight excluding hydrogens is 461 g/mol. The highest BCUT2D eigenvalue weighted by molar-refractivity contribution is 7.14. The fourth-order valence-electron chi connectivity index (χ4n) is 2.98. The number of nitrogens with one attached hydrogen (secondary N) is 2. The molecule has 1 amide bonds. The SMILES string of the molecule is CC(NC(=O)c1cc2c(s1)CNCC2)c1noc(Cc2ccccc2)n1.O=C(O)C(F)(F)F. The van der Waals surface area contributed by atoms with E-state index in [0.29, 0.717) is 18.1 Å². The Kier molecular flexibility index (Phi) is 7.82. The maximum absolute atomic E-state index is 12.5. The van der Waals surface area contributed by atoms with Crippen LogP contribution >= 0.6 is 11.3 Å².